The van der Waals surface area contributed by atoms with E-state index < -0.39 is 48.1 Å². The number of aromatic nitrogens is 2. The van der Waals surface area contributed by atoms with Crippen molar-refractivity contribution in [3.63, 3.8) is 0 Å². The third-order valence-corrected chi connectivity index (χ3v) is 9.54. The Labute approximate surface area is 325 Å². The van der Waals surface area contributed by atoms with Crippen LogP contribution in [0.25, 0.3) is 22.0 Å². The molecule has 16 nitrogen and oxygen atoms in total. The van der Waals surface area contributed by atoms with Gasteiger partial charge in [0.15, 0.2) is 6.61 Å². The molecule has 1 unspecified atom stereocenters. The molecule has 1 saturated heterocycles. The lowest BCUT2D eigenvalue weighted by molar-refractivity contribution is -0.136. The van der Waals surface area contributed by atoms with Crippen LogP contribution in [0.4, 0.5) is 11.4 Å². The summed E-state index contributed by atoms with van der Waals surface area (Å²) in [5.41, 5.74) is 9.92. The first-order chi connectivity index (χ1) is 27.6. The Kier molecular flexibility index (Phi) is 10.9. The smallest absolute Gasteiger partial charge is 0.266 e. The van der Waals surface area contributed by atoms with E-state index in [1.54, 1.807) is 30.6 Å². The highest BCUT2D eigenvalue weighted by atomic mass is 16.5. The van der Waals surface area contributed by atoms with Crippen LogP contribution in [0.1, 0.15) is 67.1 Å². The van der Waals surface area contributed by atoms with Crippen LogP contribution >= 0.6 is 0 Å². The number of carbonyl (C=O) groups excluding carboxylic acids is 7. The van der Waals surface area contributed by atoms with Crippen LogP contribution in [0.3, 0.4) is 0 Å². The molecule has 5 aromatic rings. The molecule has 0 saturated carbocycles. The van der Waals surface area contributed by atoms with E-state index in [9.17, 15) is 33.6 Å². The number of anilines is 2. The molecule has 4 heterocycles. The number of imide groups is 2. The number of hydrogen-bond acceptors (Lipinski definition) is 11. The van der Waals surface area contributed by atoms with Gasteiger partial charge in [-0.1, -0.05) is 24.3 Å². The molecule has 1 fully saturated rings. The Hall–Kier alpha value is -7.49. The second-order valence-electron chi connectivity index (χ2n) is 13.3. The number of ether oxygens (including phenoxy) is 1. The molecular weight excluding hydrogens is 732 g/mol. The molecule has 2 aliphatic rings. The number of nitrogens with zero attached hydrogens (tertiary/aromatic N) is 3. The maximum absolute atomic E-state index is 13.2. The first-order valence-electron chi connectivity index (χ1n) is 18.1. The normalized spacial score (nSPS) is 14.9. The lowest BCUT2D eigenvalue weighted by Gasteiger charge is -2.27. The number of hydrogen-bond donors (Lipinski definition) is 5. The van der Waals surface area contributed by atoms with Gasteiger partial charge >= 0.3 is 0 Å². The number of fused-ring (bicyclic) bond motifs is 2. The van der Waals surface area contributed by atoms with Crippen LogP contribution in [-0.4, -0.2) is 82.0 Å². The SMILES string of the molecule is NC(=O)c1cnc2ccc(-c3ccc(C(=O)NCCCCNC(=O)COc4cccc5c4C(=O)N(C4CCC(=O)NC4=O)C5=O)cc3)cc2c1Nc1cccnc1. The molecule has 7 amide bonds. The second kappa shape index (κ2) is 16.5. The van der Waals surface area contributed by atoms with Crippen molar-refractivity contribution in [1.29, 1.82) is 0 Å². The van der Waals surface area contributed by atoms with Gasteiger partial charge < -0.3 is 26.4 Å². The summed E-state index contributed by atoms with van der Waals surface area (Å²) in [7, 11) is 0. The van der Waals surface area contributed by atoms with Crippen molar-refractivity contribution < 1.29 is 38.3 Å². The van der Waals surface area contributed by atoms with Crippen molar-refractivity contribution in [1.82, 2.24) is 30.8 Å². The molecule has 0 spiro atoms. The van der Waals surface area contributed by atoms with Gasteiger partial charge in [-0.3, -0.25) is 53.7 Å². The average molecular weight is 769 g/mol. The minimum atomic E-state index is -1.12. The maximum atomic E-state index is 13.2. The summed E-state index contributed by atoms with van der Waals surface area (Å²) in [6, 6.07) is 19.7. The highest BCUT2D eigenvalue weighted by molar-refractivity contribution is 6.24. The molecule has 16 heteroatoms. The quantitative estimate of drug-likeness (QED) is 0.0813. The van der Waals surface area contributed by atoms with Gasteiger partial charge in [0.1, 0.15) is 11.8 Å². The molecule has 7 rings (SSSR count). The number of nitrogens with one attached hydrogen (secondary N) is 4. The zero-order chi connectivity index (χ0) is 40.1. The highest BCUT2D eigenvalue weighted by Gasteiger charge is 2.46. The summed E-state index contributed by atoms with van der Waals surface area (Å²) >= 11 is 0. The predicted molar refractivity (Wildman–Crippen MR) is 206 cm³/mol. The van der Waals surface area contributed by atoms with Crippen molar-refractivity contribution in [3.8, 4) is 16.9 Å². The van der Waals surface area contributed by atoms with Crippen molar-refractivity contribution in [2.75, 3.05) is 25.0 Å². The van der Waals surface area contributed by atoms with Gasteiger partial charge in [0.05, 0.1) is 39.8 Å². The van der Waals surface area contributed by atoms with Crippen LogP contribution in [0.15, 0.2) is 91.4 Å². The van der Waals surface area contributed by atoms with Gasteiger partial charge in [-0.15, -0.1) is 0 Å². The molecule has 2 aliphatic heterocycles. The van der Waals surface area contributed by atoms with E-state index in [0.717, 1.165) is 16.0 Å². The monoisotopic (exact) mass is 768 g/mol. The highest BCUT2D eigenvalue weighted by Crippen LogP contribution is 2.34. The number of pyridine rings is 2. The van der Waals surface area contributed by atoms with Crippen molar-refractivity contribution >= 4 is 63.6 Å². The van der Waals surface area contributed by atoms with Crippen LogP contribution in [0.2, 0.25) is 0 Å². The Bertz CT molecular complexity index is 2440. The van der Waals surface area contributed by atoms with Crippen molar-refractivity contribution in [2.24, 2.45) is 5.73 Å². The summed E-state index contributed by atoms with van der Waals surface area (Å²) in [6.07, 6.45) is 5.89. The van der Waals surface area contributed by atoms with Crippen LogP contribution in [-0.2, 0) is 14.4 Å². The number of amides is 7. The van der Waals surface area contributed by atoms with Gasteiger partial charge in [-0.25, -0.2) is 0 Å². The summed E-state index contributed by atoms with van der Waals surface area (Å²) in [5.74, 6) is -3.89. The molecule has 0 radical (unpaired) electrons. The number of benzene rings is 3. The van der Waals surface area contributed by atoms with Crippen LogP contribution < -0.4 is 31.7 Å². The zero-order valence-electron chi connectivity index (χ0n) is 30.4. The van der Waals surface area contributed by atoms with E-state index in [4.69, 9.17) is 10.5 Å². The summed E-state index contributed by atoms with van der Waals surface area (Å²) in [6.45, 7) is 0.259. The van der Waals surface area contributed by atoms with E-state index in [2.05, 4.69) is 31.2 Å². The first kappa shape index (κ1) is 37.8. The maximum Gasteiger partial charge on any atom is 0.266 e. The molecular formula is C41H36N8O8. The standard InChI is InChI=1S/C41H36N8O8/c42-37(52)29-21-46-30-13-12-25(19-28(30)36(29)47-26-5-4-16-43-20-26)23-8-10-24(11-9-23)38(53)45-18-2-1-17-44-34(51)22-57-32-7-3-6-27-35(32)41(56)49(40(27)55)31-14-15-33(50)48-39(31)54/h3-13,16,19-21,31H,1-2,14-15,17-18,22H2,(H2,42,52)(H,44,51)(H,45,53)(H,46,47)(H,48,50,54). The fourth-order valence-corrected chi connectivity index (χ4v) is 6.67. The first-order valence-corrected chi connectivity index (χ1v) is 18.1. The number of piperidine rings is 1. The van der Waals surface area contributed by atoms with Crippen LogP contribution in [0.5, 0.6) is 5.75 Å². The number of primary amides is 1. The lowest BCUT2D eigenvalue weighted by Crippen LogP contribution is -2.54. The van der Waals surface area contributed by atoms with E-state index in [-0.39, 0.29) is 41.2 Å². The Morgan fingerprint density at radius 3 is 2.39 bits per heavy atom. The summed E-state index contributed by atoms with van der Waals surface area (Å²) < 4.78 is 5.62. The molecule has 2 aromatic heterocycles. The number of unbranched alkanes of at least 4 members (excludes halogenated alkanes) is 1. The van der Waals surface area contributed by atoms with Gasteiger partial charge in [0, 0.05) is 42.9 Å². The average Bonchev–Trinajstić information content (AvgIpc) is 3.47. The molecule has 57 heavy (non-hydrogen) atoms. The van der Waals surface area contributed by atoms with Crippen LogP contribution in [0, 0.1) is 0 Å². The molecule has 288 valence electrons. The third kappa shape index (κ3) is 8.14. The number of nitrogens with two attached hydrogens (primary N) is 1. The fourth-order valence-electron chi connectivity index (χ4n) is 6.67. The molecule has 0 aliphatic carbocycles. The minimum absolute atomic E-state index is 0.00210. The van der Waals surface area contributed by atoms with E-state index >= 15 is 0 Å². The summed E-state index contributed by atoms with van der Waals surface area (Å²) in [4.78, 5) is 97.2. The molecule has 6 N–H and O–H groups in total. The minimum Gasteiger partial charge on any atom is -0.483 e. The molecule has 1 atom stereocenters. The number of carbonyl (C=O) groups is 7. The topological polar surface area (TPSA) is 232 Å². The second-order valence-corrected chi connectivity index (χ2v) is 13.3. The zero-order valence-corrected chi connectivity index (χ0v) is 30.4. The van der Waals surface area contributed by atoms with E-state index in [1.165, 1.54) is 24.4 Å². The van der Waals surface area contributed by atoms with E-state index in [0.29, 0.717) is 53.8 Å². The number of rotatable bonds is 14. The predicted octanol–water partition coefficient (Wildman–Crippen LogP) is 3.25. The fraction of sp³-hybridized carbons (Fsp3) is 0.195. The Morgan fingerprint density at radius 1 is 0.877 bits per heavy atom. The van der Waals surface area contributed by atoms with E-state index in [1.807, 2.05) is 36.4 Å². The van der Waals surface area contributed by atoms with Crippen molar-refractivity contribution in [2.45, 2.75) is 31.7 Å². The summed E-state index contributed by atoms with van der Waals surface area (Å²) in [5, 5.41) is 11.7. The Balaban J connectivity index is 0.873. The van der Waals surface area contributed by atoms with Gasteiger partial charge in [0.25, 0.3) is 29.5 Å². The van der Waals surface area contributed by atoms with Gasteiger partial charge in [-0.05, 0) is 78.9 Å². The Morgan fingerprint density at radius 2 is 1.65 bits per heavy atom. The van der Waals surface area contributed by atoms with Gasteiger partial charge in [-0.2, -0.15) is 0 Å². The third-order valence-electron chi connectivity index (χ3n) is 9.54. The van der Waals surface area contributed by atoms with Gasteiger partial charge in [0.2, 0.25) is 11.8 Å². The van der Waals surface area contributed by atoms with Crippen molar-refractivity contribution in [3.05, 3.63) is 114 Å². The molecule has 3 aromatic carbocycles. The lowest BCUT2D eigenvalue weighted by atomic mass is 10.00. The largest absolute Gasteiger partial charge is 0.483 e. The molecule has 0 bridgehead atoms.